The molecule has 0 aliphatic carbocycles. The van der Waals surface area contributed by atoms with Crippen molar-refractivity contribution in [3.05, 3.63) is 45.6 Å². The van der Waals surface area contributed by atoms with Gasteiger partial charge in [-0.05, 0) is 36.1 Å². The Hall–Kier alpha value is -2.01. The molecule has 2 rings (SSSR count). The van der Waals surface area contributed by atoms with Crippen LogP contribution in [0.1, 0.15) is 20.8 Å². The number of rotatable bonds is 4. The molecule has 1 aromatic heterocycles. The summed E-state index contributed by atoms with van der Waals surface area (Å²) in [5, 5.41) is 11.0. The van der Waals surface area contributed by atoms with Gasteiger partial charge in [-0.1, -0.05) is 6.07 Å². The van der Waals surface area contributed by atoms with Crippen LogP contribution in [0.15, 0.2) is 29.6 Å². The first-order valence-corrected chi connectivity index (χ1v) is 6.24. The van der Waals surface area contributed by atoms with Crippen molar-refractivity contribution in [1.82, 2.24) is 0 Å². The smallest absolute Gasteiger partial charge is 0.337 e. The number of carbonyl (C=O) groups is 1. The lowest BCUT2D eigenvalue weighted by molar-refractivity contribution is 0.0697. The minimum absolute atomic E-state index is 0.0798. The molecule has 0 saturated heterocycles. The molecule has 0 unspecified atom stereocenters. The largest absolute Gasteiger partial charge is 0.488 e. The fourth-order valence-corrected chi connectivity index (χ4v) is 2.19. The van der Waals surface area contributed by atoms with E-state index < -0.39 is 5.97 Å². The van der Waals surface area contributed by atoms with Gasteiger partial charge >= 0.3 is 5.97 Å². The van der Waals surface area contributed by atoms with E-state index in [1.165, 1.54) is 6.07 Å². The second-order valence-corrected chi connectivity index (χ2v) is 4.91. The molecule has 2 aromatic rings. The SMILES string of the molecule is Cc1cc(OCc2cccs2)cc(C(=O)O)c1N. The Morgan fingerprint density at radius 2 is 2.28 bits per heavy atom. The predicted octanol–water partition coefficient (Wildman–Crippen LogP) is 2.92. The third kappa shape index (κ3) is 2.62. The Morgan fingerprint density at radius 3 is 2.89 bits per heavy atom. The maximum atomic E-state index is 11.0. The molecule has 3 N–H and O–H groups in total. The maximum absolute atomic E-state index is 11.0. The minimum Gasteiger partial charge on any atom is -0.488 e. The first-order valence-electron chi connectivity index (χ1n) is 5.36. The monoisotopic (exact) mass is 263 g/mol. The highest BCUT2D eigenvalue weighted by Gasteiger charge is 2.12. The van der Waals surface area contributed by atoms with Crippen LogP contribution in [0.5, 0.6) is 5.75 Å². The van der Waals surface area contributed by atoms with E-state index in [0.717, 1.165) is 4.88 Å². The van der Waals surface area contributed by atoms with Gasteiger partial charge in [0, 0.05) is 10.6 Å². The number of nitrogens with two attached hydrogens (primary N) is 1. The van der Waals surface area contributed by atoms with Gasteiger partial charge in [-0.15, -0.1) is 11.3 Å². The van der Waals surface area contributed by atoms with E-state index in [1.54, 1.807) is 24.3 Å². The number of benzene rings is 1. The second-order valence-electron chi connectivity index (χ2n) is 3.87. The fourth-order valence-electron chi connectivity index (χ4n) is 1.57. The lowest BCUT2D eigenvalue weighted by atomic mass is 10.1. The van der Waals surface area contributed by atoms with Crippen LogP contribution < -0.4 is 10.5 Å². The molecule has 1 aromatic carbocycles. The number of aryl methyl sites for hydroxylation is 1. The van der Waals surface area contributed by atoms with Crippen LogP contribution in [0.3, 0.4) is 0 Å². The van der Waals surface area contributed by atoms with Gasteiger partial charge < -0.3 is 15.6 Å². The van der Waals surface area contributed by atoms with Crippen molar-refractivity contribution < 1.29 is 14.6 Å². The summed E-state index contributed by atoms with van der Waals surface area (Å²) in [6, 6.07) is 7.11. The zero-order chi connectivity index (χ0) is 13.1. The number of carboxylic acids is 1. The summed E-state index contributed by atoms with van der Waals surface area (Å²) in [6.45, 7) is 2.19. The summed E-state index contributed by atoms with van der Waals surface area (Å²) in [6.07, 6.45) is 0. The Morgan fingerprint density at radius 1 is 1.50 bits per heavy atom. The number of ether oxygens (including phenoxy) is 1. The quantitative estimate of drug-likeness (QED) is 0.832. The molecule has 0 spiro atoms. The summed E-state index contributed by atoms with van der Waals surface area (Å²) >= 11 is 1.59. The van der Waals surface area contributed by atoms with Gasteiger partial charge in [-0.3, -0.25) is 0 Å². The molecule has 1 heterocycles. The molecule has 94 valence electrons. The lowest BCUT2D eigenvalue weighted by Gasteiger charge is -2.10. The highest BCUT2D eigenvalue weighted by Crippen LogP contribution is 2.25. The zero-order valence-corrected chi connectivity index (χ0v) is 10.7. The Kier molecular flexibility index (Phi) is 3.53. The average molecular weight is 263 g/mol. The number of aromatic carboxylic acids is 1. The van der Waals surface area contributed by atoms with Crippen LogP contribution in [0.4, 0.5) is 5.69 Å². The van der Waals surface area contributed by atoms with Crippen LogP contribution in [0.25, 0.3) is 0 Å². The third-order valence-electron chi connectivity index (χ3n) is 2.55. The van der Waals surface area contributed by atoms with Crippen LogP contribution in [-0.2, 0) is 6.61 Å². The van der Waals surface area contributed by atoms with E-state index in [4.69, 9.17) is 15.6 Å². The highest BCUT2D eigenvalue weighted by molar-refractivity contribution is 7.09. The van der Waals surface area contributed by atoms with Crippen LogP contribution >= 0.6 is 11.3 Å². The van der Waals surface area contributed by atoms with Crippen molar-refractivity contribution in [2.45, 2.75) is 13.5 Å². The second kappa shape index (κ2) is 5.10. The molecule has 5 heteroatoms. The summed E-state index contributed by atoms with van der Waals surface area (Å²) in [4.78, 5) is 12.1. The van der Waals surface area contributed by atoms with Gasteiger partial charge in [-0.25, -0.2) is 4.79 Å². The number of hydrogen-bond donors (Lipinski definition) is 2. The van der Waals surface area contributed by atoms with E-state index >= 15 is 0 Å². The molecule has 0 amide bonds. The Labute approximate surface area is 109 Å². The number of thiophene rings is 1. The third-order valence-corrected chi connectivity index (χ3v) is 3.40. The van der Waals surface area contributed by atoms with Gasteiger partial charge in [0.25, 0.3) is 0 Å². The Bertz CT molecular complexity index is 564. The van der Waals surface area contributed by atoms with Crippen molar-refractivity contribution in [2.24, 2.45) is 0 Å². The van der Waals surface area contributed by atoms with Gasteiger partial charge in [0.1, 0.15) is 12.4 Å². The van der Waals surface area contributed by atoms with Gasteiger partial charge in [0.15, 0.2) is 0 Å². The van der Waals surface area contributed by atoms with Crippen molar-refractivity contribution in [1.29, 1.82) is 0 Å². The molecule has 0 saturated carbocycles. The molecule has 0 bridgehead atoms. The standard InChI is InChI=1S/C13H13NO3S/c1-8-5-9(6-11(12(8)14)13(15)16)17-7-10-3-2-4-18-10/h2-6H,7,14H2,1H3,(H,15,16). The normalized spacial score (nSPS) is 10.3. The number of nitrogen functional groups attached to an aromatic ring is 1. The zero-order valence-electron chi connectivity index (χ0n) is 9.84. The number of anilines is 1. The van der Waals surface area contributed by atoms with Gasteiger partial charge in [0.05, 0.1) is 5.56 Å². The first-order chi connectivity index (χ1) is 8.58. The predicted molar refractivity (Wildman–Crippen MR) is 71.2 cm³/mol. The van der Waals surface area contributed by atoms with Crippen LogP contribution in [0, 0.1) is 6.92 Å². The van der Waals surface area contributed by atoms with Crippen LogP contribution in [-0.4, -0.2) is 11.1 Å². The maximum Gasteiger partial charge on any atom is 0.337 e. The summed E-state index contributed by atoms with van der Waals surface area (Å²) in [5.74, 6) is -0.523. The molecule has 18 heavy (non-hydrogen) atoms. The van der Waals surface area contributed by atoms with Gasteiger partial charge in [0.2, 0.25) is 0 Å². The van der Waals surface area contributed by atoms with E-state index in [9.17, 15) is 4.79 Å². The molecular formula is C13H13NO3S. The van der Waals surface area contributed by atoms with Crippen LogP contribution in [0.2, 0.25) is 0 Å². The molecular weight excluding hydrogens is 250 g/mol. The van der Waals surface area contributed by atoms with E-state index in [-0.39, 0.29) is 11.3 Å². The van der Waals surface area contributed by atoms with Gasteiger partial charge in [-0.2, -0.15) is 0 Å². The van der Waals surface area contributed by atoms with E-state index in [1.807, 2.05) is 17.5 Å². The first kappa shape index (κ1) is 12.4. The summed E-state index contributed by atoms with van der Waals surface area (Å²) < 4.78 is 5.57. The molecule has 4 nitrogen and oxygen atoms in total. The summed E-state index contributed by atoms with van der Waals surface area (Å²) in [7, 11) is 0. The van der Waals surface area contributed by atoms with Crippen molar-refractivity contribution in [3.8, 4) is 5.75 Å². The van der Waals surface area contributed by atoms with E-state index in [0.29, 0.717) is 17.9 Å². The molecule has 0 aliphatic heterocycles. The number of hydrogen-bond acceptors (Lipinski definition) is 4. The Balaban J connectivity index is 2.21. The minimum atomic E-state index is -1.04. The van der Waals surface area contributed by atoms with Crippen molar-refractivity contribution >= 4 is 23.0 Å². The highest BCUT2D eigenvalue weighted by atomic mass is 32.1. The molecule has 0 aliphatic rings. The lowest BCUT2D eigenvalue weighted by Crippen LogP contribution is -2.05. The van der Waals surface area contributed by atoms with E-state index in [2.05, 4.69) is 0 Å². The molecule has 0 fully saturated rings. The summed E-state index contributed by atoms with van der Waals surface area (Å²) in [5.41, 5.74) is 6.78. The molecule has 0 radical (unpaired) electrons. The van der Waals surface area contributed by atoms with Crippen molar-refractivity contribution in [3.63, 3.8) is 0 Å². The molecule has 0 atom stereocenters. The topological polar surface area (TPSA) is 72.5 Å². The van der Waals surface area contributed by atoms with Crippen molar-refractivity contribution in [2.75, 3.05) is 5.73 Å². The average Bonchev–Trinajstić information content (AvgIpc) is 2.83. The fraction of sp³-hybridized carbons (Fsp3) is 0.154. The number of carboxylic acid groups (broad SMARTS) is 1.